The van der Waals surface area contributed by atoms with Gasteiger partial charge in [-0.1, -0.05) is 21.6 Å². The topological polar surface area (TPSA) is 57.2 Å². The third kappa shape index (κ3) is 3.14. The molecular formula is C6H11NaO3SSi3. The van der Waals surface area contributed by atoms with Gasteiger partial charge in [0.2, 0.25) is 0 Å². The van der Waals surface area contributed by atoms with Crippen LogP contribution in [0.1, 0.15) is 0 Å². The largest absolute Gasteiger partial charge is 1.00 e. The van der Waals surface area contributed by atoms with Crippen molar-refractivity contribution in [2.45, 2.75) is 4.90 Å². The molecule has 0 saturated carbocycles. The van der Waals surface area contributed by atoms with E-state index in [0.29, 0.717) is 10.2 Å². The molecule has 0 N–H and O–H groups in total. The zero-order valence-electron chi connectivity index (χ0n) is 8.79. The first-order valence-corrected chi connectivity index (χ1v) is 8.27. The molecule has 0 aromatic heterocycles. The van der Waals surface area contributed by atoms with Crippen molar-refractivity contribution in [1.29, 1.82) is 0 Å². The molecule has 0 radical (unpaired) electrons. The summed E-state index contributed by atoms with van der Waals surface area (Å²) in [5.74, 6) is 0. The second-order valence-corrected chi connectivity index (χ2v) is 7.51. The van der Waals surface area contributed by atoms with Gasteiger partial charge >= 0.3 is 29.6 Å². The van der Waals surface area contributed by atoms with Crippen LogP contribution in [0.2, 0.25) is 0 Å². The van der Waals surface area contributed by atoms with Crippen molar-refractivity contribution in [3.05, 3.63) is 12.1 Å². The molecule has 0 aliphatic heterocycles. The van der Waals surface area contributed by atoms with Gasteiger partial charge in [-0.15, -0.1) is 0 Å². The van der Waals surface area contributed by atoms with Gasteiger partial charge in [0, 0.05) is 30.7 Å². The third-order valence-corrected chi connectivity index (χ3v) is 9.53. The summed E-state index contributed by atoms with van der Waals surface area (Å²) in [6.45, 7) is 0. The van der Waals surface area contributed by atoms with Crippen LogP contribution in [-0.4, -0.2) is 43.7 Å². The predicted octanol–water partition coefficient (Wildman–Crippen LogP) is -8.43. The first kappa shape index (κ1) is 14.8. The zero-order chi connectivity index (χ0) is 10.2. The van der Waals surface area contributed by atoms with Crippen molar-refractivity contribution >= 4 is 56.4 Å². The maximum Gasteiger partial charge on any atom is 1.00 e. The van der Waals surface area contributed by atoms with E-state index in [-0.39, 0.29) is 34.5 Å². The van der Waals surface area contributed by atoms with Gasteiger partial charge in [0.1, 0.15) is 10.1 Å². The fraction of sp³-hybridized carbons (Fsp3) is 0. The fourth-order valence-corrected chi connectivity index (χ4v) is 4.93. The smallest absolute Gasteiger partial charge is 0.744 e. The molecular weight excluding hydrogens is 259 g/mol. The molecule has 3 nitrogen and oxygen atoms in total. The van der Waals surface area contributed by atoms with Crippen LogP contribution in [0.5, 0.6) is 0 Å². The standard InChI is InChI=1S/C6H12O3SSi3.Na/c7-10(8,9)3-1-2-4(11)6(13)5(3)12;/h1-2H,11-13H3,(H,7,8,9);/q;+1/p-1. The number of hydrogen-bond acceptors (Lipinski definition) is 3. The Kier molecular flexibility index (Phi) is 5.50. The average Bonchev–Trinajstić information content (AvgIpc) is 1.98. The Bertz CT molecular complexity index is 446. The predicted molar refractivity (Wildman–Crippen MR) is 63.1 cm³/mol. The van der Waals surface area contributed by atoms with E-state index >= 15 is 0 Å². The number of rotatable bonds is 1. The Balaban J connectivity index is 0.00000169. The maximum atomic E-state index is 10.8. The minimum atomic E-state index is -4.25. The molecule has 14 heavy (non-hydrogen) atoms. The first-order valence-electron chi connectivity index (χ1n) is 3.86. The SMILES string of the molecule is O=S(=O)([O-])c1ccc([SiH3])c([SiH3])c1[SiH3].[Na+]. The molecule has 1 rings (SSSR count). The van der Waals surface area contributed by atoms with Gasteiger partial charge in [0.15, 0.2) is 0 Å². The Labute approximate surface area is 115 Å². The van der Waals surface area contributed by atoms with E-state index in [1.807, 2.05) is 0 Å². The molecule has 1 aromatic carbocycles. The van der Waals surface area contributed by atoms with Gasteiger partial charge in [0.05, 0.1) is 4.90 Å². The van der Waals surface area contributed by atoms with Crippen LogP contribution in [0.3, 0.4) is 0 Å². The van der Waals surface area contributed by atoms with Crippen LogP contribution in [0.25, 0.3) is 0 Å². The summed E-state index contributed by atoms with van der Waals surface area (Å²) in [7, 11) is -1.87. The summed E-state index contributed by atoms with van der Waals surface area (Å²) >= 11 is 0. The van der Waals surface area contributed by atoms with Crippen LogP contribution in [-0.2, 0) is 10.1 Å². The Hall–Kier alpha value is 0.781. The van der Waals surface area contributed by atoms with Crippen molar-refractivity contribution in [2.24, 2.45) is 0 Å². The molecule has 0 amide bonds. The second-order valence-electron chi connectivity index (χ2n) is 3.08. The molecule has 0 aliphatic carbocycles. The van der Waals surface area contributed by atoms with Crippen molar-refractivity contribution in [2.75, 3.05) is 0 Å². The minimum Gasteiger partial charge on any atom is -0.744 e. The summed E-state index contributed by atoms with van der Waals surface area (Å²) in [5, 5.41) is 3.13. The van der Waals surface area contributed by atoms with Crippen molar-refractivity contribution in [3.8, 4) is 0 Å². The molecule has 0 atom stereocenters. The maximum absolute atomic E-state index is 10.8. The molecule has 0 saturated heterocycles. The van der Waals surface area contributed by atoms with Gasteiger partial charge < -0.3 is 4.55 Å². The average molecular weight is 270 g/mol. The number of benzene rings is 1. The van der Waals surface area contributed by atoms with E-state index in [2.05, 4.69) is 0 Å². The summed E-state index contributed by atoms with van der Waals surface area (Å²) in [4.78, 5) is 0.00349. The van der Waals surface area contributed by atoms with Crippen LogP contribution < -0.4 is 45.1 Å². The molecule has 1 aromatic rings. The normalized spacial score (nSPS) is 11.5. The molecule has 8 heteroatoms. The van der Waals surface area contributed by atoms with Crippen molar-refractivity contribution in [3.63, 3.8) is 0 Å². The van der Waals surface area contributed by atoms with Gasteiger partial charge in [-0.25, -0.2) is 8.42 Å². The van der Waals surface area contributed by atoms with E-state index in [1.165, 1.54) is 11.3 Å². The van der Waals surface area contributed by atoms with E-state index < -0.39 is 10.1 Å². The number of hydrogen-bond donors (Lipinski definition) is 0. The molecule has 0 aliphatic rings. The summed E-state index contributed by atoms with van der Waals surface area (Å²) in [5.41, 5.74) is 0. The summed E-state index contributed by atoms with van der Waals surface area (Å²) in [6.07, 6.45) is 0. The van der Waals surface area contributed by atoms with Crippen molar-refractivity contribution in [1.82, 2.24) is 0 Å². The van der Waals surface area contributed by atoms with E-state index in [4.69, 9.17) is 0 Å². The summed E-state index contributed by atoms with van der Waals surface area (Å²) in [6, 6.07) is 3.22. The van der Waals surface area contributed by atoms with Gasteiger partial charge in [-0.05, 0) is 6.07 Å². The minimum absolute atomic E-state index is 0. The molecule has 0 unspecified atom stereocenters. The van der Waals surface area contributed by atoms with E-state index in [9.17, 15) is 13.0 Å². The molecule has 0 heterocycles. The van der Waals surface area contributed by atoms with Gasteiger partial charge in [-0.2, -0.15) is 0 Å². The van der Waals surface area contributed by atoms with Crippen LogP contribution in [0, 0.1) is 0 Å². The summed E-state index contributed by atoms with van der Waals surface area (Å²) < 4.78 is 32.4. The first-order chi connectivity index (χ1) is 5.84. The van der Waals surface area contributed by atoms with Gasteiger partial charge in [0.25, 0.3) is 0 Å². The molecule has 0 spiro atoms. The Morgan fingerprint density at radius 1 is 1.07 bits per heavy atom. The van der Waals surface area contributed by atoms with Crippen molar-refractivity contribution < 1.29 is 42.5 Å². The van der Waals surface area contributed by atoms with Crippen LogP contribution >= 0.6 is 0 Å². The Morgan fingerprint density at radius 2 is 1.57 bits per heavy atom. The molecule has 0 fully saturated rings. The van der Waals surface area contributed by atoms with Crippen LogP contribution in [0.4, 0.5) is 0 Å². The van der Waals surface area contributed by atoms with E-state index in [1.54, 1.807) is 6.07 Å². The fourth-order valence-electron chi connectivity index (χ4n) is 1.20. The molecule has 72 valence electrons. The monoisotopic (exact) mass is 270 g/mol. The zero-order valence-corrected chi connectivity index (χ0v) is 17.6. The van der Waals surface area contributed by atoms with Crippen LogP contribution in [0.15, 0.2) is 17.0 Å². The molecule has 0 bridgehead atoms. The third-order valence-electron chi connectivity index (χ3n) is 2.28. The van der Waals surface area contributed by atoms with Gasteiger partial charge in [-0.3, -0.25) is 0 Å². The second kappa shape index (κ2) is 5.21. The quantitative estimate of drug-likeness (QED) is 0.376. The van der Waals surface area contributed by atoms with E-state index in [0.717, 1.165) is 30.9 Å². The Morgan fingerprint density at radius 3 is 2.00 bits per heavy atom.